The lowest BCUT2D eigenvalue weighted by Gasteiger charge is -2.28. The molecule has 1 saturated heterocycles. The molecule has 102 valence electrons. The molecule has 18 heavy (non-hydrogen) atoms. The van der Waals surface area contributed by atoms with E-state index in [1.807, 2.05) is 0 Å². The third kappa shape index (κ3) is 3.62. The topological polar surface area (TPSA) is 12.0 Å². The summed E-state index contributed by atoms with van der Waals surface area (Å²) >= 11 is 0. The highest BCUT2D eigenvalue weighted by molar-refractivity contribution is 5.85. The van der Waals surface area contributed by atoms with Crippen LogP contribution < -0.4 is 5.32 Å². The Kier molecular flexibility index (Phi) is 5.05. The molecule has 0 spiro atoms. The summed E-state index contributed by atoms with van der Waals surface area (Å²) in [4.78, 5) is 0. The van der Waals surface area contributed by atoms with Gasteiger partial charge in [-0.15, -0.1) is 12.4 Å². The summed E-state index contributed by atoms with van der Waals surface area (Å²) < 4.78 is 37.2. The van der Waals surface area contributed by atoms with Crippen LogP contribution in [-0.2, 0) is 6.18 Å². The van der Waals surface area contributed by atoms with Crippen molar-refractivity contribution >= 4 is 12.4 Å². The standard InChI is InChI=1S/C13H16F3N.ClH/c1-9-8-11(6-7-17-9)10-2-4-12(5-3-10)13(14,15)16;/h2-5,9,11,17H,6-8H2,1H3;1H/t9-,11-;/m0./s1. The molecule has 0 radical (unpaired) electrons. The average Bonchev–Trinajstić information content (AvgIpc) is 2.28. The van der Waals surface area contributed by atoms with Gasteiger partial charge in [0.2, 0.25) is 0 Å². The van der Waals surface area contributed by atoms with E-state index in [0.717, 1.165) is 24.9 Å². The lowest BCUT2D eigenvalue weighted by Crippen LogP contribution is -2.34. The maximum atomic E-state index is 12.4. The van der Waals surface area contributed by atoms with E-state index in [1.165, 1.54) is 12.1 Å². The van der Waals surface area contributed by atoms with Crippen molar-refractivity contribution < 1.29 is 13.2 Å². The summed E-state index contributed by atoms with van der Waals surface area (Å²) in [5, 5.41) is 3.34. The van der Waals surface area contributed by atoms with Crippen molar-refractivity contribution in [2.24, 2.45) is 0 Å². The van der Waals surface area contributed by atoms with Crippen molar-refractivity contribution in [2.75, 3.05) is 6.54 Å². The zero-order chi connectivity index (χ0) is 12.5. The van der Waals surface area contributed by atoms with Crippen LogP contribution in [0.1, 0.15) is 36.8 Å². The van der Waals surface area contributed by atoms with E-state index in [-0.39, 0.29) is 12.4 Å². The van der Waals surface area contributed by atoms with Gasteiger partial charge < -0.3 is 5.32 Å². The fraction of sp³-hybridized carbons (Fsp3) is 0.538. The van der Waals surface area contributed by atoms with Crippen molar-refractivity contribution in [3.05, 3.63) is 35.4 Å². The van der Waals surface area contributed by atoms with Crippen LogP contribution in [0.3, 0.4) is 0 Å². The number of hydrogen-bond donors (Lipinski definition) is 1. The molecule has 2 rings (SSSR count). The molecular weight excluding hydrogens is 263 g/mol. The summed E-state index contributed by atoms with van der Waals surface area (Å²) in [6, 6.07) is 6.04. The molecule has 0 amide bonds. The number of nitrogens with one attached hydrogen (secondary N) is 1. The first kappa shape index (κ1) is 15.3. The second kappa shape index (κ2) is 5.93. The molecule has 1 N–H and O–H groups in total. The van der Waals surface area contributed by atoms with Crippen LogP contribution in [0.5, 0.6) is 0 Å². The van der Waals surface area contributed by atoms with Gasteiger partial charge in [-0.2, -0.15) is 13.2 Å². The van der Waals surface area contributed by atoms with Crippen molar-refractivity contribution in [3.8, 4) is 0 Å². The maximum Gasteiger partial charge on any atom is 0.416 e. The maximum absolute atomic E-state index is 12.4. The van der Waals surface area contributed by atoms with E-state index in [1.54, 1.807) is 12.1 Å². The first-order valence-electron chi connectivity index (χ1n) is 5.87. The van der Waals surface area contributed by atoms with Crippen molar-refractivity contribution in [1.82, 2.24) is 5.32 Å². The quantitative estimate of drug-likeness (QED) is 0.820. The smallest absolute Gasteiger partial charge is 0.314 e. The molecule has 0 aromatic heterocycles. The van der Waals surface area contributed by atoms with E-state index in [2.05, 4.69) is 12.2 Å². The molecular formula is C13H17ClF3N. The molecule has 1 aromatic rings. The van der Waals surface area contributed by atoms with Gasteiger partial charge in [-0.25, -0.2) is 0 Å². The monoisotopic (exact) mass is 279 g/mol. The lowest BCUT2D eigenvalue weighted by molar-refractivity contribution is -0.137. The van der Waals surface area contributed by atoms with Gasteiger partial charge in [-0.1, -0.05) is 12.1 Å². The number of piperidine rings is 1. The first-order valence-corrected chi connectivity index (χ1v) is 5.87. The fourth-order valence-corrected chi connectivity index (χ4v) is 2.38. The molecule has 0 bridgehead atoms. The second-order valence-corrected chi connectivity index (χ2v) is 4.70. The first-order chi connectivity index (χ1) is 7.97. The van der Waals surface area contributed by atoms with Crippen LogP contribution in [0.15, 0.2) is 24.3 Å². The van der Waals surface area contributed by atoms with Gasteiger partial charge in [-0.05, 0) is 49.9 Å². The third-order valence-electron chi connectivity index (χ3n) is 3.33. The lowest BCUT2D eigenvalue weighted by atomic mass is 9.86. The zero-order valence-electron chi connectivity index (χ0n) is 10.1. The van der Waals surface area contributed by atoms with Crippen molar-refractivity contribution in [1.29, 1.82) is 0 Å². The predicted octanol–water partition coefficient (Wildman–Crippen LogP) is 3.98. The largest absolute Gasteiger partial charge is 0.416 e. The predicted molar refractivity (Wildman–Crippen MR) is 68.1 cm³/mol. The Bertz CT molecular complexity index is 375. The Morgan fingerprint density at radius 2 is 1.78 bits per heavy atom. The van der Waals surface area contributed by atoms with Crippen LogP contribution in [0.2, 0.25) is 0 Å². The minimum atomic E-state index is -4.24. The van der Waals surface area contributed by atoms with E-state index >= 15 is 0 Å². The summed E-state index contributed by atoms with van der Waals surface area (Å²) in [5.74, 6) is 0.383. The summed E-state index contributed by atoms with van der Waals surface area (Å²) in [5.41, 5.74) is 0.453. The summed E-state index contributed by atoms with van der Waals surface area (Å²) in [6.07, 6.45) is -2.25. The number of benzene rings is 1. The van der Waals surface area contributed by atoms with E-state index in [9.17, 15) is 13.2 Å². The van der Waals surface area contributed by atoms with E-state index in [0.29, 0.717) is 12.0 Å². The number of halogens is 4. The molecule has 1 fully saturated rings. The summed E-state index contributed by atoms with van der Waals surface area (Å²) in [6.45, 7) is 3.04. The summed E-state index contributed by atoms with van der Waals surface area (Å²) in [7, 11) is 0. The van der Waals surface area contributed by atoms with Gasteiger partial charge >= 0.3 is 6.18 Å². The highest BCUT2D eigenvalue weighted by Gasteiger charge is 2.30. The highest BCUT2D eigenvalue weighted by Crippen LogP contribution is 2.32. The van der Waals surface area contributed by atoms with Gasteiger partial charge in [-0.3, -0.25) is 0 Å². The molecule has 1 aliphatic rings. The van der Waals surface area contributed by atoms with Crippen LogP contribution in [-0.4, -0.2) is 12.6 Å². The normalized spacial score (nSPS) is 24.4. The minimum Gasteiger partial charge on any atom is -0.314 e. The zero-order valence-corrected chi connectivity index (χ0v) is 10.9. The Hall–Kier alpha value is -0.740. The van der Waals surface area contributed by atoms with Gasteiger partial charge in [0, 0.05) is 6.04 Å². The SMILES string of the molecule is C[C@H]1C[C@@H](c2ccc(C(F)(F)F)cc2)CCN1.Cl. The van der Waals surface area contributed by atoms with Crippen LogP contribution in [0.25, 0.3) is 0 Å². The van der Waals surface area contributed by atoms with Crippen molar-refractivity contribution in [2.45, 2.75) is 37.9 Å². The molecule has 5 heteroatoms. The molecule has 1 nitrogen and oxygen atoms in total. The Labute approximate surface area is 111 Å². The molecule has 0 unspecified atom stereocenters. The van der Waals surface area contributed by atoms with Gasteiger partial charge in [0.1, 0.15) is 0 Å². The highest BCUT2D eigenvalue weighted by atomic mass is 35.5. The van der Waals surface area contributed by atoms with Gasteiger partial charge in [0.25, 0.3) is 0 Å². The van der Waals surface area contributed by atoms with Crippen LogP contribution in [0, 0.1) is 0 Å². The molecule has 1 aliphatic heterocycles. The molecule has 2 atom stereocenters. The van der Waals surface area contributed by atoms with E-state index in [4.69, 9.17) is 0 Å². The van der Waals surface area contributed by atoms with Crippen LogP contribution in [0.4, 0.5) is 13.2 Å². The fourth-order valence-electron chi connectivity index (χ4n) is 2.38. The van der Waals surface area contributed by atoms with Gasteiger partial charge in [0.05, 0.1) is 5.56 Å². The molecule has 0 aliphatic carbocycles. The Morgan fingerprint density at radius 3 is 2.28 bits per heavy atom. The number of alkyl halides is 3. The van der Waals surface area contributed by atoms with E-state index < -0.39 is 11.7 Å². The van der Waals surface area contributed by atoms with Crippen LogP contribution >= 0.6 is 12.4 Å². The van der Waals surface area contributed by atoms with Gasteiger partial charge in [0.15, 0.2) is 0 Å². The minimum absolute atomic E-state index is 0. The average molecular weight is 280 g/mol. The Balaban J connectivity index is 0.00000162. The molecule has 0 saturated carbocycles. The molecule has 1 aromatic carbocycles. The third-order valence-corrected chi connectivity index (χ3v) is 3.33. The molecule has 1 heterocycles. The number of rotatable bonds is 1. The number of hydrogen-bond acceptors (Lipinski definition) is 1. The second-order valence-electron chi connectivity index (χ2n) is 4.70. The Morgan fingerprint density at radius 1 is 1.17 bits per heavy atom. The van der Waals surface area contributed by atoms with Crippen molar-refractivity contribution in [3.63, 3.8) is 0 Å².